The number of hydrogen-bond acceptors (Lipinski definition) is 4. The summed E-state index contributed by atoms with van der Waals surface area (Å²) in [4.78, 5) is 36.5. The third-order valence-corrected chi connectivity index (χ3v) is 4.36. The van der Waals surface area contributed by atoms with Gasteiger partial charge in [-0.3, -0.25) is 9.59 Å². The molecule has 0 saturated carbocycles. The van der Waals surface area contributed by atoms with Crippen LogP contribution in [0.15, 0.2) is 53.0 Å². The predicted molar refractivity (Wildman–Crippen MR) is 116 cm³/mol. The summed E-state index contributed by atoms with van der Waals surface area (Å²) in [6, 6.07) is 12.5. The molecule has 0 saturated heterocycles. The number of nitrogens with one attached hydrogen (secondary N) is 3. The van der Waals surface area contributed by atoms with Gasteiger partial charge in [0, 0.05) is 17.1 Å². The van der Waals surface area contributed by atoms with Gasteiger partial charge < -0.3 is 20.7 Å². The van der Waals surface area contributed by atoms with E-state index in [9.17, 15) is 14.4 Å². The number of urea groups is 1. The fourth-order valence-electron chi connectivity index (χ4n) is 2.60. The average molecular weight is 462 g/mol. The molecule has 0 unspecified atom stereocenters. The number of benzene rings is 2. The summed E-state index contributed by atoms with van der Waals surface area (Å²) in [5.74, 6) is -0.472. The molecule has 0 radical (unpaired) electrons. The molecule has 0 aliphatic rings. The standard InChI is InChI=1S/C21H24BrN3O4/c1-13(2)12-18(25-21(28)23-16-10-8-15(22)9-11-16)20(27)24-17-6-4-5-7-19(17)29-14(3)26/h4-11,13,18H,12H2,1-3H3,(H,24,27)(H2,23,25,28)/t18-/m0/s1. The van der Waals surface area contributed by atoms with E-state index in [1.54, 1.807) is 48.5 Å². The Morgan fingerprint density at radius 3 is 2.28 bits per heavy atom. The molecule has 0 fully saturated rings. The zero-order valence-electron chi connectivity index (χ0n) is 16.5. The van der Waals surface area contributed by atoms with Crippen LogP contribution in [-0.2, 0) is 9.59 Å². The van der Waals surface area contributed by atoms with Crippen LogP contribution in [0.4, 0.5) is 16.2 Å². The van der Waals surface area contributed by atoms with Gasteiger partial charge in [-0.1, -0.05) is 41.9 Å². The molecule has 0 spiro atoms. The van der Waals surface area contributed by atoms with E-state index in [1.165, 1.54) is 6.92 Å². The van der Waals surface area contributed by atoms with Crippen molar-refractivity contribution in [1.29, 1.82) is 0 Å². The molecule has 0 aromatic heterocycles. The maximum Gasteiger partial charge on any atom is 0.319 e. The smallest absolute Gasteiger partial charge is 0.319 e. The third-order valence-electron chi connectivity index (χ3n) is 3.83. The van der Waals surface area contributed by atoms with Crippen molar-refractivity contribution in [1.82, 2.24) is 5.32 Å². The van der Waals surface area contributed by atoms with E-state index in [0.717, 1.165) is 4.47 Å². The normalized spacial score (nSPS) is 11.5. The Balaban J connectivity index is 2.09. The highest BCUT2D eigenvalue weighted by atomic mass is 79.9. The minimum atomic E-state index is -0.768. The first kappa shape index (κ1) is 22.4. The van der Waals surface area contributed by atoms with E-state index in [4.69, 9.17) is 4.74 Å². The second kappa shape index (κ2) is 10.6. The summed E-state index contributed by atoms with van der Waals surface area (Å²) in [6.07, 6.45) is 0.440. The molecule has 1 atom stereocenters. The molecule has 154 valence electrons. The van der Waals surface area contributed by atoms with E-state index < -0.39 is 23.9 Å². The van der Waals surface area contributed by atoms with E-state index in [-0.39, 0.29) is 11.7 Å². The molecule has 3 amide bonds. The van der Waals surface area contributed by atoms with Crippen LogP contribution in [0.5, 0.6) is 5.75 Å². The van der Waals surface area contributed by atoms with Gasteiger partial charge in [-0.05, 0) is 48.7 Å². The molecule has 8 heteroatoms. The first-order valence-electron chi connectivity index (χ1n) is 9.16. The van der Waals surface area contributed by atoms with Crippen molar-refractivity contribution >= 4 is 45.2 Å². The molecule has 2 aromatic carbocycles. The summed E-state index contributed by atoms with van der Waals surface area (Å²) in [7, 11) is 0. The van der Waals surface area contributed by atoms with Gasteiger partial charge in [-0.15, -0.1) is 0 Å². The molecule has 0 bridgehead atoms. The van der Waals surface area contributed by atoms with E-state index in [2.05, 4.69) is 31.9 Å². The zero-order valence-corrected chi connectivity index (χ0v) is 18.1. The molecule has 0 aliphatic carbocycles. The molecular weight excluding hydrogens is 438 g/mol. The number of hydrogen-bond donors (Lipinski definition) is 3. The zero-order chi connectivity index (χ0) is 21.4. The Hall–Kier alpha value is -2.87. The molecule has 0 aliphatic heterocycles. The summed E-state index contributed by atoms with van der Waals surface area (Å²) in [5.41, 5.74) is 0.964. The summed E-state index contributed by atoms with van der Waals surface area (Å²) < 4.78 is 6.01. The Kier molecular flexibility index (Phi) is 8.21. The van der Waals surface area contributed by atoms with E-state index >= 15 is 0 Å². The van der Waals surface area contributed by atoms with E-state index in [0.29, 0.717) is 17.8 Å². The monoisotopic (exact) mass is 461 g/mol. The van der Waals surface area contributed by atoms with Crippen LogP contribution < -0.4 is 20.7 Å². The quantitative estimate of drug-likeness (QED) is 0.416. The van der Waals surface area contributed by atoms with Crippen LogP contribution in [0.2, 0.25) is 0 Å². The molecule has 29 heavy (non-hydrogen) atoms. The number of anilines is 2. The van der Waals surface area contributed by atoms with Crippen LogP contribution in [0.3, 0.4) is 0 Å². The minimum Gasteiger partial charge on any atom is -0.424 e. The van der Waals surface area contributed by atoms with Gasteiger partial charge in [0.1, 0.15) is 6.04 Å². The topological polar surface area (TPSA) is 96.5 Å². The Morgan fingerprint density at radius 1 is 1.00 bits per heavy atom. The highest BCUT2D eigenvalue weighted by Gasteiger charge is 2.23. The molecule has 0 heterocycles. The van der Waals surface area contributed by atoms with Crippen LogP contribution in [0.25, 0.3) is 0 Å². The first-order valence-corrected chi connectivity index (χ1v) is 9.95. The maximum absolute atomic E-state index is 12.8. The summed E-state index contributed by atoms with van der Waals surface area (Å²) >= 11 is 3.34. The van der Waals surface area contributed by atoms with Crippen LogP contribution in [0, 0.1) is 5.92 Å². The van der Waals surface area contributed by atoms with Gasteiger partial charge in [0.05, 0.1) is 5.69 Å². The van der Waals surface area contributed by atoms with Crippen molar-refractivity contribution in [3.05, 3.63) is 53.0 Å². The fourth-order valence-corrected chi connectivity index (χ4v) is 2.86. The van der Waals surface area contributed by atoms with Gasteiger partial charge in [-0.2, -0.15) is 0 Å². The van der Waals surface area contributed by atoms with Crippen molar-refractivity contribution in [3.63, 3.8) is 0 Å². The van der Waals surface area contributed by atoms with Crippen molar-refractivity contribution in [2.75, 3.05) is 10.6 Å². The summed E-state index contributed by atoms with van der Waals surface area (Å²) in [6.45, 7) is 5.21. The minimum absolute atomic E-state index is 0.169. The van der Waals surface area contributed by atoms with Crippen molar-refractivity contribution in [2.45, 2.75) is 33.2 Å². The number of rotatable bonds is 7. The molecular formula is C21H24BrN3O4. The van der Waals surface area contributed by atoms with Gasteiger partial charge in [0.2, 0.25) is 5.91 Å². The number of para-hydroxylation sites is 2. The van der Waals surface area contributed by atoms with Crippen LogP contribution in [-0.4, -0.2) is 23.9 Å². The van der Waals surface area contributed by atoms with Crippen LogP contribution in [0.1, 0.15) is 27.2 Å². The Bertz CT molecular complexity index is 868. The molecule has 7 nitrogen and oxygen atoms in total. The SMILES string of the molecule is CC(=O)Oc1ccccc1NC(=O)[C@H](CC(C)C)NC(=O)Nc1ccc(Br)cc1. The second-order valence-electron chi connectivity index (χ2n) is 6.87. The number of ether oxygens (including phenoxy) is 1. The summed E-state index contributed by atoms with van der Waals surface area (Å²) in [5, 5.41) is 8.15. The van der Waals surface area contributed by atoms with Crippen molar-refractivity contribution < 1.29 is 19.1 Å². The lowest BCUT2D eigenvalue weighted by molar-refractivity contribution is -0.132. The fraction of sp³-hybridized carbons (Fsp3) is 0.286. The number of esters is 1. The maximum atomic E-state index is 12.8. The Morgan fingerprint density at radius 2 is 1.66 bits per heavy atom. The average Bonchev–Trinajstić information content (AvgIpc) is 2.64. The number of amides is 3. The van der Waals surface area contributed by atoms with Gasteiger partial charge in [0.25, 0.3) is 0 Å². The molecule has 2 aromatic rings. The lowest BCUT2D eigenvalue weighted by atomic mass is 10.0. The lowest BCUT2D eigenvalue weighted by Gasteiger charge is -2.21. The third kappa shape index (κ3) is 7.57. The highest BCUT2D eigenvalue weighted by molar-refractivity contribution is 9.10. The largest absolute Gasteiger partial charge is 0.424 e. The number of carbonyl (C=O) groups is 3. The molecule has 3 N–H and O–H groups in total. The predicted octanol–water partition coefficient (Wildman–Crippen LogP) is 4.55. The van der Waals surface area contributed by atoms with Gasteiger partial charge >= 0.3 is 12.0 Å². The van der Waals surface area contributed by atoms with E-state index in [1.807, 2.05) is 13.8 Å². The van der Waals surface area contributed by atoms with Gasteiger partial charge in [-0.25, -0.2) is 4.79 Å². The second-order valence-corrected chi connectivity index (χ2v) is 7.78. The number of carbonyl (C=O) groups excluding carboxylic acids is 3. The van der Waals surface area contributed by atoms with Crippen LogP contribution >= 0.6 is 15.9 Å². The molecule has 2 rings (SSSR count). The lowest BCUT2D eigenvalue weighted by Crippen LogP contribution is -2.46. The highest BCUT2D eigenvalue weighted by Crippen LogP contribution is 2.24. The van der Waals surface area contributed by atoms with Crippen molar-refractivity contribution in [3.8, 4) is 5.75 Å². The first-order chi connectivity index (χ1) is 13.7. The Labute approximate surface area is 178 Å². The van der Waals surface area contributed by atoms with Gasteiger partial charge in [0.15, 0.2) is 5.75 Å². The van der Waals surface area contributed by atoms with Crippen molar-refractivity contribution in [2.24, 2.45) is 5.92 Å². The number of halogens is 1.